The molecule has 2 amide bonds. The van der Waals surface area contributed by atoms with Gasteiger partial charge in [0.05, 0.1) is 5.69 Å². The van der Waals surface area contributed by atoms with Crippen LogP contribution < -0.4 is 11.1 Å². The number of rotatable bonds is 2. The lowest BCUT2D eigenvalue weighted by molar-refractivity contribution is 0.248. The highest BCUT2D eigenvalue weighted by molar-refractivity contribution is 5.71. The van der Waals surface area contributed by atoms with Gasteiger partial charge in [0, 0.05) is 12.1 Å². The van der Waals surface area contributed by atoms with E-state index in [1.54, 1.807) is 6.92 Å². The first-order valence-electron chi connectivity index (χ1n) is 3.56. The van der Waals surface area contributed by atoms with E-state index in [0.717, 1.165) is 11.3 Å². The normalized spacial score (nSPS) is 9.83. The van der Waals surface area contributed by atoms with Crippen LogP contribution in [-0.2, 0) is 6.54 Å². The van der Waals surface area contributed by atoms with Crippen LogP contribution in [0, 0.1) is 13.8 Å². The van der Waals surface area contributed by atoms with Crippen LogP contribution in [0.5, 0.6) is 0 Å². The number of nitrogens with zero attached hydrogens (tertiary/aromatic N) is 1. The van der Waals surface area contributed by atoms with Gasteiger partial charge in [0.2, 0.25) is 0 Å². The zero-order valence-corrected chi connectivity index (χ0v) is 7.05. The highest BCUT2D eigenvalue weighted by Crippen LogP contribution is 2.10. The predicted octanol–water partition coefficient (Wildman–Crippen LogP) is 0.460. The number of carbonyl (C=O) groups excluding carboxylic acids is 1. The van der Waals surface area contributed by atoms with Crippen LogP contribution in [0.2, 0.25) is 0 Å². The molecule has 0 spiro atoms. The minimum Gasteiger partial charge on any atom is -0.361 e. The van der Waals surface area contributed by atoms with E-state index < -0.39 is 6.03 Å². The smallest absolute Gasteiger partial charge is 0.312 e. The van der Waals surface area contributed by atoms with Crippen molar-refractivity contribution < 1.29 is 9.32 Å². The lowest BCUT2D eigenvalue weighted by Crippen LogP contribution is -2.28. The summed E-state index contributed by atoms with van der Waals surface area (Å²) in [6.07, 6.45) is 0. The van der Waals surface area contributed by atoms with Gasteiger partial charge in [0.15, 0.2) is 0 Å². The summed E-state index contributed by atoms with van der Waals surface area (Å²) in [6, 6.07) is -0.546. The molecule has 0 fully saturated rings. The number of nitrogens with two attached hydrogens (primary N) is 1. The maximum absolute atomic E-state index is 10.4. The molecule has 1 aromatic heterocycles. The maximum atomic E-state index is 10.4. The molecule has 66 valence electrons. The Balaban J connectivity index is 2.68. The van der Waals surface area contributed by atoms with Gasteiger partial charge in [-0.05, 0) is 13.8 Å². The molecule has 0 atom stereocenters. The van der Waals surface area contributed by atoms with E-state index in [1.165, 1.54) is 0 Å². The van der Waals surface area contributed by atoms with Crippen molar-refractivity contribution in [2.24, 2.45) is 5.73 Å². The summed E-state index contributed by atoms with van der Waals surface area (Å²) in [5, 5.41) is 6.20. The molecule has 0 bridgehead atoms. The van der Waals surface area contributed by atoms with Crippen LogP contribution in [0.3, 0.4) is 0 Å². The summed E-state index contributed by atoms with van der Waals surface area (Å²) >= 11 is 0. The number of aromatic nitrogens is 1. The first-order valence-corrected chi connectivity index (χ1v) is 3.56. The molecule has 1 rings (SSSR count). The molecule has 0 aliphatic carbocycles. The standard InChI is InChI=1S/C7H11N3O2/c1-4-6(3-9-7(8)11)5(2)12-10-4/h3H2,1-2H3,(H3,8,9,11). The van der Waals surface area contributed by atoms with Crippen molar-refractivity contribution in [2.75, 3.05) is 0 Å². The molecule has 0 aliphatic rings. The first-order chi connectivity index (χ1) is 5.61. The van der Waals surface area contributed by atoms with Crippen molar-refractivity contribution in [2.45, 2.75) is 20.4 Å². The molecule has 3 N–H and O–H groups in total. The number of hydrogen-bond acceptors (Lipinski definition) is 3. The Bertz CT molecular complexity index is 273. The number of carbonyl (C=O) groups is 1. The van der Waals surface area contributed by atoms with Gasteiger partial charge >= 0.3 is 6.03 Å². The molecule has 0 aliphatic heterocycles. The van der Waals surface area contributed by atoms with Gasteiger partial charge in [-0.3, -0.25) is 0 Å². The van der Waals surface area contributed by atoms with Crippen molar-refractivity contribution in [3.05, 3.63) is 17.0 Å². The molecule has 1 heterocycles. The fraction of sp³-hybridized carbons (Fsp3) is 0.429. The number of hydrogen-bond donors (Lipinski definition) is 2. The van der Waals surface area contributed by atoms with Crippen LogP contribution in [0.15, 0.2) is 4.52 Å². The van der Waals surface area contributed by atoms with E-state index in [2.05, 4.69) is 10.5 Å². The Morgan fingerprint density at radius 3 is 2.75 bits per heavy atom. The minimum atomic E-state index is -0.546. The number of aryl methyl sites for hydroxylation is 2. The Morgan fingerprint density at radius 2 is 2.33 bits per heavy atom. The average molecular weight is 169 g/mol. The molecular weight excluding hydrogens is 158 g/mol. The van der Waals surface area contributed by atoms with Gasteiger partial charge in [0.25, 0.3) is 0 Å². The molecule has 5 nitrogen and oxygen atoms in total. The first kappa shape index (κ1) is 8.58. The number of urea groups is 1. The van der Waals surface area contributed by atoms with Gasteiger partial charge in [-0.25, -0.2) is 4.79 Å². The Labute approximate surface area is 69.9 Å². The molecule has 0 saturated heterocycles. The highest BCUT2D eigenvalue weighted by atomic mass is 16.5. The minimum absolute atomic E-state index is 0.372. The predicted molar refractivity (Wildman–Crippen MR) is 42.4 cm³/mol. The second-order valence-corrected chi connectivity index (χ2v) is 2.52. The topological polar surface area (TPSA) is 81.2 Å². The van der Waals surface area contributed by atoms with Crippen LogP contribution in [0.4, 0.5) is 4.79 Å². The third kappa shape index (κ3) is 1.75. The largest absolute Gasteiger partial charge is 0.361 e. The second-order valence-electron chi connectivity index (χ2n) is 2.52. The summed E-state index contributed by atoms with van der Waals surface area (Å²) < 4.78 is 4.89. The van der Waals surface area contributed by atoms with Crippen LogP contribution in [0.1, 0.15) is 17.0 Å². The Hall–Kier alpha value is -1.52. The molecular formula is C7H11N3O2. The van der Waals surface area contributed by atoms with Gasteiger partial charge in [-0.15, -0.1) is 0 Å². The third-order valence-corrected chi connectivity index (χ3v) is 1.62. The summed E-state index contributed by atoms with van der Waals surface area (Å²) in [4.78, 5) is 10.4. The van der Waals surface area contributed by atoms with Crippen molar-refractivity contribution in [1.29, 1.82) is 0 Å². The fourth-order valence-electron chi connectivity index (χ4n) is 0.930. The maximum Gasteiger partial charge on any atom is 0.312 e. The number of amides is 2. The van der Waals surface area contributed by atoms with Crippen molar-refractivity contribution in [3.8, 4) is 0 Å². The average Bonchev–Trinajstić information content (AvgIpc) is 2.28. The Kier molecular flexibility index (Phi) is 2.32. The van der Waals surface area contributed by atoms with E-state index in [9.17, 15) is 4.79 Å². The zero-order chi connectivity index (χ0) is 9.14. The van der Waals surface area contributed by atoms with Gasteiger partial charge in [0.1, 0.15) is 5.76 Å². The van der Waals surface area contributed by atoms with E-state index >= 15 is 0 Å². The number of primary amides is 1. The fourth-order valence-corrected chi connectivity index (χ4v) is 0.930. The molecule has 0 unspecified atom stereocenters. The lowest BCUT2D eigenvalue weighted by Gasteiger charge is -1.99. The van der Waals surface area contributed by atoms with Gasteiger partial charge < -0.3 is 15.6 Å². The summed E-state index contributed by atoms with van der Waals surface area (Å²) in [5.74, 6) is 0.709. The monoisotopic (exact) mass is 169 g/mol. The zero-order valence-electron chi connectivity index (χ0n) is 7.05. The van der Waals surface area contributed by atoms with E-state index in [1.807, 2.05) is 6.92 Å². The molecule has 12 heavy (non-hydrogen) atoms. The molecule has 0 aromatic carbocycles. The van der Waals surface area contributed by atoms with Gasteiger partial charge in [-0.1, -0.05) is 5.16 Å². The Morgan fingerprint density at radius 1 is 1.67 bits per heavy atom. The van der Waals surface area contributed by atoms with Crippen LogP contribution >= 0.6 is 0 Å². The molecule has 0 radical (unpaired) electrons. The lowest BCUT2D eigenvalue weighted by atomic mass is 10.2. The van der Waals surface area contributed by atoms with Gasteiger partial charge in [-0.2, -0.15) is 0 Å². The van der Waals surface area contributed by atoms with Crippen molar-refractivity contribution >= 4 is 6.03 Å². The second kappa shape index (κ2) is 3.25. The van der Waals surface area contributed by atoms with Crippen LogP contribution in [0.25, 0.3) is 0 Å². The summed E-state index contributed by atoms with van der Waals surface area (Å²) in [5.41, 5.74) is 6.57. The molecule has 5 heteroatoms. The number of nitrogens with one attached hydrogen (secondary N) is 1. The van der Waals surface area contributed by atoms with E-state index in [-0.39, 0.29) is 0 Å². The molecule has 1 aromatic rings. The summed E-state index contributed by atoms with van der Waals surface area (Å²) in [6.45, 7) is 3.98. The van der Waals surface area contributed by atoms with Crippen molar-refractivity contribution in [3.63, 3.8) is 0 Å². The third-order valence-electron chi connectivity index (χ3n) is 1.62. The quantitative estimate of drug-likeness (QED) is 0.674. The molecule has 0 saturated carbocycles. The SMILES string of the molecule is Cc1noc(C)c1CNC(N)=O. The van der Waals surface area contributed by atoms with Crippen LogP contribution in [-0.4, -0.2) is 11.2 Å². The van der Waals surface area contributed by atoms with E-state index in [0.29, 0.717) is 12.3 Å². The van der Waals surface area contributed by atoms with E-state index in [4.69, 9.17) is 10.3 Å². The summed E-state index contributed by atoms with van der Waals surface area (Å²) in [7, 11) is 0. The highest BCUT2D eigenvalue weighted by Gasteiger charge is 2.08. The van der Waals surface area contributed by atoms with Crippen molar-refractivity contribution in [1.82, 2.24) is 10.5 Å².